The van der Waals surface area contributed by atoms with Crippen molar-refractivity contribution in [1.29, 1.82) is 0 Å². The van der Waals surface area contributed by atoms with E-state index in [0.717, 1.165) is 3.79 Å². The molecule has 0 spiro atoms. The SMILES string of the molecule is CCOc1ccc(C(=O)Nc2ncc(Br)s2)cc1N. The summed E-state index contributed by atoms with van der Waals surface area (Å²) in [6, 6.07) is 4.94. The van der Waals surface area contributed by atoms with Gasteiger partial charge in [-0.15, -0.1) is 0 Å². The molecular formula is C12H12BrN3O2S. The van der Waals surface area contributed by atoms with E-state index in [1.165, 1.54) is 11.3 Å². The highest BCUT2D eigenvalue weighted by atomic mass is 79.9. The fourth-order valence-corrected chi connectivity index (χ4v) is 2.56. The third-order valence-electron chi connectivity index (χ3n) is 2.27. The average molecular weight is 342 g/mol. The molecular weight excluding hydrogens is 330 g/mol. The Kier molecular flexibility index (Phi) is 4.39. The first-order valence-corrected chi connectivity index (χ1v) is 7.16. The minimum Gasteiger partial charge on any atom is -0.492 e. The van der Waals surface area contributed by atoms with Gasteiger partial charge in [-0.2, -0.15) is 0 Å². The van der Waals surface area contributed by atoms with Gasteiger partial charge >= 0.3 is 0 Å². The number of hydrogen-bond acceptors (Lipinski definition) is 5. The molecule has 19 heavy (non-hydrogen) atoms. The number of nitrogen functional groups attached to an aromatic ring is 1. The molecule has 7 heteroatoms. The van der Waals surface area contributed by atoms with E-state index in [4.69, 9.17) is 10.5 Å². The van der Waals surface area contributed by atoms with Crippen LogP contribution < -0.4 is 15.8 Å². The Labute approximate surface area is 122 Å². The molecule has 5 nitrogen and oxygen atoms in total. The highest BCUT2D eigenvalue weighted by Crippen LogP contribution is 2.25. The molecule has 3 N–H and O–H groups in total. The summed E-state index contributed by atoms with van der Waals surface area (Å²) in [4.78, 5) is 16.0. The number of halogens is 1. The lowest BCUT2D eigenvalue weighted by atomic mass is 10.2. The van der Waals surface area contributed by atoms with Crippen LogP contribution in [-0.2, 0) is 0 Å². The maximum absolute atomic E-state index is 12.0. The number of anilines is 2. The molecule has 0 radical (unpaired) electrons. The van der Waals surface area contributed by atoms with Crippen LogP contribution in [-0.4, -0.2) is 17.5 Å². The maximum Gasteiger partial charge on any atom is 0.257 e. The number of ether oxygens (including phenoxy) is 1. The monoisotopic (exact) mass is 341 g/mol. The number of carbonyl (C=O) groups is 1. The number of carbonyl (C=O) groups excluding carboxylic acids is 1. The second-order valence-electron chi connectivity index (χ2n) is 3.61. The van der Waals surface area contributed by atoms with Crippen molar-refractivity contribution in [3.63, 3.8) is 0 Å². The zero-order valence-corrected chi connectivity index (χ0v) is 12.5. The van der Waals surface area contributed by atoms with E-state index >= 15 is 0 Å². The quantitative estimate of drug-likeness (QED) is 0.837. The molecule has 0 unspecified atom stereocenters. The molecule has 2 aromatic rings. The smallest absolute Gasteiger partial charge is 0.257 e. The Balaban J connectivity index is 2.13. The summed E-state index contributed by atoms with van der Waals surface area (Å²) in [5, 5.41) is 3.23. The van der Waals surface area contributed by atoms with E-state index in [-0.39, 0.29) is 5.91 Å². The van der Waals surface area contributed by atoms with Crippen LogP contribution in [0.3, 0.4) is 0 Å². The molecule has 0 fully saturated rings. The summed E-state index contributed by atoms with van der Waals surface area (Å²) < 4.78 is 6.18. The lowest BCUT2D eigenvalue weighted by molar-refractivity contribution is 0.102. The normalized spacial score (nSPS) is 10.2. The number of rotatable bonds is 4. The van der Waals surface area contributed by atoms with Crippen LogP contribution in [0.5, 0.6) is 5.75 Å². The van der Waals surface area contributed by atoms with Crippen LogP contribution in [0.1, 0.15) is 17.3 Å². The molecule has 1 aromatic heterocycles. The predicted octanol–water partition coefficient (Wildman–Crippen LogP) is 3.14. The van der Waals surface area contributed by atoms with Crippen molar-refractivity contribution in [3.8, 4) is 5.75 Å². The van der Waals surface area contributed by atoms with Crippen molar-refractivity contribution in [1.82, 2.24) is 4.98 Å². The molecule has 2 rings (SSSR count). The third kappa shape index (κ3) is 3.45. The number of nitrogens with two attached hydrogens (primary N) is 1. The van der Waals surface area contributed by atoms with Gasteiger partial charge in [-0.05, 0) is 41.1 Å². The Morgan fingerprint density at radius 2 is 2.37 bits per heavy atom. The summed E-state index contributed by atoms with van der Waals surface area (Å²) in [6.45, 7) is 2.41. The van der Waals surface area contributed by atoms with Gasteiger partial charge in [-0.25, -0.2) is 4.98 Å². The Morgan fingerprint density at radius 1 is 1.58 bits per heavy atom. The minimum atomic E-state index is -0.253. The lowest BCUT2D eigenvalue weighted by Crippen LogP contribution is -2.12. The van der Waals surface area contributed by atoms with Crippen molar-refractivity contribution in [2.75, 3.05) is 17.7 Å². The molecule has 0 aliphatic rings. The van der Waals surface area contributed by atoms with Gasteiger partial charge in [-0.3, -0.25) is 10.1 Å². The van der Waals surface area contributed by atoms with Gasteiger partial charge in [0.05, 0.1) is 22.3 Å². The Bertz CT molecular complexity index is 600. The molecule has 1 heterocycles. The second-order valence-corrected chi connectivity index (χ2v) is 6.02. The summed E-state index contributed by atoms with van der Waals surface area (Å²) >= 11 is 4.63. The molecule has 0 atom stereocenters. The van der Waals surface area contributed by atoms with Gasteiger partial charge in [0.15, 0.2) is 5.13 Å². The molecule has 0 aliphatic heterocycles. The van der Waals surface area contributed by atoms with Gasteiger partial charge in [0.1, 0.15) is 5.75 Å². The van der Waals surface area contributed by atoms with Crippen LogP contribution in [0.25, 0.3) is 0 Å². The van der Waals surface area contributed by atoms with Gasteiger partial charge in [0.25, 0.3) is 5.91 Å². The number of thiazole rings is 1. The van der Waals surface area contributed by atoms with Crippen molar-refractivity contribution in [3.05, 3.63) is 33.7 Å². The summed E-state index contributed by atoms with van der Waals surface area (Å²) in [6.07, 6.45) is 1.63. The fraction of sp³-hybridized carbons (Fsp3) is 0.167. The van der Waals surface area contributed by atoms with E-state index in [1.807, 2.05) is 6.92 Å². The molecule has 0 bridgehead atoms. The van der Waals surface area contributed by atoms with Gasteiger partial charge in [0, 0.05) is 5.56 Å². The number of aromatic nitrogens is 1. The van der Waals surface area contributed by atoms with E-state index < -0.39 is 0 Å². The molecule has 1 aromatic carbocycles. The Morgan fingerprint density at radius 3 is 2.95 bits per heavy atom. The predicted molar refractivity (Wildman–Crippen MR) is 79.8 cm³/mol. The second kappa shape index (κ2) is 6.03. The van der Waals surface area contributed by atoms with Crippen molar-refractivity contribution in [2.45, 2.75) is 6.92 Å². The van der Waals surface area contributed by atoms with Crippen LogP contribution in [0.4, 0.5) is 10.8 Å². The average Bonchev–Trinajstić information content (AvgIpc) is 2.77. The molecule has 0 saturated heterocycles. The Hall–Kier alpha value is -1.60. The lowest BCUT2D eigenvalue weighted by Gasteiger charge is -2.08. The van der Waals surface area contributed by atoms with Gasteiger partial charge in [0.2, 0.25) is 0 Å². The highest BCUT2D eigenvalue weighted by molar-refractivity contribution is 9.11. The molecule has 100 valence electrons. The van der Waals surface area contributed by atoms with Crippen LogP contribution in [0.15, 0.2) is 28.2 Å². The minimum absolute atomic E-state index is 0.253. The molecule has 0 aliphatic carbocycles. The van der Waals surface area contributed by atoms with Crippen LogP contribution >= 0.6 is 27.3 Å². The summed E-state index contributed by atoms with van der Waals surface area (Å²) in [7, 11) is 0. The number of benzene rings is 1. The van der Waals surface area contributed by atoms with Crippen molar-refractivity contribution >= 4 is 44.0 Å². The van der Waals surface area contributed by atoms with E-state index in [9.17, 15) is 4.79 Å². The van der Waals surface area contributed by atoms with Crippen LogP contribution in [0, 0.1) is 0 Å². The van der Waals surface area contributed by atoms with Crippen molar-refractivity contribution in [2.24, 2.45) is 0 Å². The largest absolute Gasteiger partial charge is 0.492 e. The number of nitrogens with zero attached hydrogens (tertiary/aromatic N) is 1. The standard InChI is InChI=1S/C12H12BrN3O2S/c1-2-18-9-4-3-7(5-8(9)14)11(17)16-12-15-6-10(13)19-12/h3-6H,2,14H2,1H3,(H,15,16,17). The molecule has 0 saturated carbocycles. The third-order valence-corrected chi connectivity index (χ3v) is 3.66. The zero-order chi connectivity index (χ0) is 13.8. The first-order chi connectivity index (χ1) is 9.10. The first kappa shape index (κ1) is 13.8. The van der Waals surface area contributed by atoms with E-state index in [1.54, 1.807) is 24.4 Å². The number of amides is 1. The summed E-state index contributed by atoms with van der Waals surface area (Å²) in [5.74, 6) is 0.327. The highest BCUT2D eigenvalue weighted by Gasteiger charge is 2.10. The van der Waals surface area contributed by atoms with Gasteiger partial charge < -0.3 is 10.5 Å². The van der Waals surface area contributed by atoms with Crippen molar-refractivity contribution < 1.29 is 9.53 Å². The van der Waals surface area contributed by atoms with Crippen LogP contribution in [0.2, 0.25) is 0 Å². The van der Waals surface area contributed by atoms with E-state index in [0.29, 0.717) is 28.7 Å². The van der Waals surface area contributed by atoms with E-state index in [2.05, 4.69) is 26.2 Å². The number of hydrogen-bond donors (Lipinski definition) is 2. The summed E-state index contributed by atoms with van der Waals surface area (Å²) in [5.41, 5.74) is 6.72. The molecule has 1 amide bonds. The van der Waals surface area contributed by atoms with Gasteiger partial charge in [-0.1, -0.05) is 11.3 Å². The topological polar surface area (TPSA) is 77.2 Å². The zero-order valence-electron chi connectivity index (χ0n) is 10.1. The number of nitrogens with one attached hydrogen (secondary N) is 1. The maximum atomic E-state index is 12.0. The first-order valence-electron chi connectivity index (χ1n) is 5.55. The fourth-order valence-electron chi connectivity index (χ4n) is 1.46.